The maximum Gasteiger partial charge on any atom is 0.273 e. The summed E-state index contributed by atoms with van der Waals surface area (Å²) in [5.74, 6) is -0.832. The van der Waals surface area contributed by atoms with Gasteiger partial charge in [0.1, 0.15) is 0 Å². The van der Waals surface area contributed by atoms with Crippen molar-refractivity contribution >= 4 is 11.4 Å². The summed E-state index contributed by atoms with van der Waals surface area (Å²) in [7, 11) is 0. The summed E-state index contributed by atoms with van der Waals surface area (Å²) < 4.78 is 20.3. The predicted molar refractivity (Wildman–Crippen MR) is 156 cm³/mol. The van der Waals surface area contributed by atoms with Gasteiger partial charge in [0.15, 0.2) is 5.69 Å². The summed E-state index contributed by atoms with van der Waals surface area (Å²) >= 11 is 0. The topological polar surface area (TPSA) is 120 Å². The van der Waals surface area contributed by atoms with Crippen LogP contribution in [0.3, 0.4) is 0 Å². The number of rotatable bonds is 6. The highest BCUT2D eigenvalue weighted by molar-refractivity contribution is 5.92. The molecule has 42 heavy (non-hydrogen) atoms. The number of hydrogen-bond donors (Lipinski definition) is 2. The van der Waals surface area contributed by atoms with Crippen molar-refractivity contribution in [3.63, 3.8) is 0 Å². The van der Waals surface area contributed by atoms with Gasteiger partial charge in [0.05, 0.1) is 58.7 Å². The lowest BCUT2D eigenvalue weighted by Gasteiger charge is -2.22. The molecule has 1 aliphatic rings. The van der Waals surface area contributed by atoms with Crippen molar-refractivity contribution in [2.75, 3.05) is 13.1 Å². The van der Waals surface area contributed by atoms with Crippen LogP contribution in [-0.4, -0.2) is 58.4 Å². The van der Waals surface area contributed by atoms with Crippen LogP contribution in [0.1, 0.15) is 74.2 Å². The van der Waals surface area contributed by atoms with Gasteiger partial charge in [0.2, 0.25) is 5.95 Å². The molecule has 0 aliphatic carbocycles. The number of nitrogens with zero attached hydrogens (tertiary/aromatic N) is 8. The minimum Gasteiger partial charge on any atom is -0.344 e. The van der Waals surface area contributed by atoms with Crippen LogP contribution in [0.4, 0.5) is 4.39 Å². The van der Waals surface area contributed by atoms with Gasteiger partial charge in [-0.1, -0.05) is 17.3 Å². The summed E-state index contributed by atoms with van der Waals surface area (Å²) in [5.41, 5.74) is 5.11. The Balaban J connectivity index is 1.28. The third kappa shape index (κ3) is 5.29. The minimum atomic E-state index is -0.544. The van der Waals surface area contributed by atoms with Crippen LogP contribution in [0.5, 0.6) is 0 Å². The van der Waals surface area contributed by atoms with Crippen LogP contribution in [0, 0.1) is 12.9 Å². The monoisotopic (exact) mass is 570 g/mol. The largest absolute Gasteiger partial charge is 0.344 e. The molecule has 1 saturated heterocycles. The standard InChI is InChI=1S/C30H35FN10O/c1-18-14-20(6-7-22(18)19(2)34-29(42)25-17-41(38-36-25)30(3,4)5)27-26-10-13-33-40(26)16-24(35-27)23-15-39(37-28(23)31)21-8-11-32-12-9-21/h6-7,10,13-17,19,21,32H,8-9,11-12H2,1-5H3,(H,34,42)/t19-/m1/s1. The first-order chi connectivity index (χ1) is 20.1. The summed E-state index contributed by atoms with van der Waals surface area (Å²) in [4.78, 5) is 17.8. The van der Waals surface area contributed by atoms with E-state index in [-0.39, 0.29) is 29.2 Å². The van der Waals surface area contributed by atoms with Gasteiger partial charge >= 0.3 is 0 Å². The molecule has 1 fully saturated rings. The molecule has 218 valence electrons. The predicted octanol–water partition coefficient (Wildman–Crippen LogP) is 4.47. The number of hydrogen-bond acceptors (Lipinski definition) is 7. The Kier molecular flexibility index (Phi) is 7.09. The molecule has 2 N–H and O–H groups in total. The van der Waals surface area contributed by atoms with Crippen LogP contribution in [-0.2, 0) is 5.54 Å². The Morgan fingerprint density at radius 1 is 1.14 bits per heavy atom. The number of nitrogens with one attached hydrogen (secondary N) is 2. The van der Waals surface area contributed by atoms with E-state index in [1.807, 2.05) is 58.9 Å². The van der Waals surface area contributed by atoms with Crippen molar-refractivity contribution in [2.45, 2.75) is 65.1 Å². The number of carbonyl (C=O) groups is 1. The van der Waals surface area contributed by atoms with E-state index in [9.17, 15) is 4.79 Å². The Hall–Kier alpha value is -4.45. The number of amides is 1. The van der Waals surface area contributed by atoms with Gasteiger partial charge < -0.3 is 10.6 Å². The summed E-state index contributed by atoms with van der Waals surface area (Å²) in [5, 5.41) is 23.1. The zero-order chi connectivity index (χ0) is 29.6. The zero-order valence-corrected chi connectivity index (χ0v) is 24.5. The van der Waals surface area contributed by atoms with E-state index in [0.717, 1.165) is 48.1 Å². The molecule has 1 aromatic carbocycles. The normalized spacial score (nSPS) is 15.3. The van der Waals surface area contributed by atoms with E-state index in [1.165, 1.54) is 0 Å². The van der Waals surface area contributed by atoms with Gasteiger partial charge in [0.25, 0.3) is 5.91 Å². The fraction of sp³-hybridized carbons (Fsp3) is 0.400. The van der Waals surface area contributed by atoms with Crippen LogP contribution < -0.4 is 10.6 Å². The molecule has 5 heterocycles. The number of benzene rings is 1. The second-order valence-corrected chi connectivity index (χ2v) is 11.9. The van der Waals surface area contributed by atoms with E-state index >= 15 is 4.39 Å². The molecule has 6 rings (SSSR count). The molecule has 11 nitrogen and oxygen atoms in total. The number of aromatic nitrogens is 8. The van der Waals surface area contributed by atoms with Gasteiger partial charge in [-0.15, -0.1) is 10.2 Å². The molecular formula is C30H35FN10O. The van der Waals surface area contributed by atoms with Crippen molar-refractivity contribution in [2.24, 2.45) is 0 Å². The maximum absolute atomic E-state index is 15.1. The molecule has 4 aromatic heterocycles. The third-order valence-electron chi connectivity index (χ3n) is 7.81. The summed E-state index contributed by atoms with van der Waals surface area (Å²) in [6.45, 7) is 11.7. The molecular weight excluding hydrogens is 535 g/mol. The van der Waals surface area contributed by atoms with Gasteiger partial charge in [0, 0.05) is 11.8 Å². The number of piperidine rings is 1. The van der Waals surface area contributed by atoms with Crippen molar-refractivity contribution in [1.29, 1.82) is 0 Å². The molecule has 0 bridgehead atoms. The lowest BCUT2D eigenvalue weighted by molar-refractivity contribution is 0.0934. The molecule has 0 unspecified atom stereocenters. The number of carbonyl (C=O) groups excluding carboxylic acids is 1. The van der Waals surface area contributed by atoms with Gasteiger partial charge in [-0.3, -0.25) is 9.48 Å². The van der Waals surface area contributed by atoms with E-state index < -0.39 is 5.95 Å². The Morgan fingerprint density at radius 2 is 1.93 bits per heavy atom. The van der Waals surface area contributed by atoms with Crippen LogP contribution in [0.25, 0.3) is 28.0 Å². The first-order valence-electron chi connectivity index (χ1n) is 14.2. The number of halogens is 1. The van der Waals surface area contributed by atoms with Gasteiger partial charge in [-0.2, -0.15) is 9.49 Å². The molecule has 0 radical (unpaired) electrons. The second-order valence-electron chi connectivity index (χ2n) is 11.9. The highest BCUT2D eigenvalue weighted by Gasteiger charge is 2.23. The average Bonchev–Trinajstić information content (AvgIpc) is 3.72. The minimum absolute atomic E-state index is 0.158. The Labute approximate surface area is 243 Å². The third-order valence-corrected chi connectivity index (χ3v) is 7.81. The first kappa shape index (κ1) is 27.7. The lowest BCUT2D eigenvalue weighted by atomic mass is 9.98. The van der Waals surface area contributed by atoms with Crippen molar-refractivity contribution < 1.29 is 9.18 Å². The van der Waals surface area contributed by atoms with Gasteiger partial charge in [-0.25, -0.2) is 14.2 Å². The number of fused-ring (bicyclic) bond motifs is 1. The highest BCUT2D eigenvalue weighted by atomic mass is 19.1. The fourth-order valence-electron chi connectivity index (χ4n) is 5.42. The van der Waals surface area contributed by atoms with E-state index in [2.05, 4.69) is 31.1 Å². The summed E-state index contributed by atoms with van der Waals surface area (Å²) in [6.07, 6.45) is 8.66. The van der Waals surface area contributed by atoms with Crippen LogP contribution in [0.15, 0.2) is 49.1 Å². The Bertz CT molecular complexity index is 1760. The molecule has 0 spiro atoms. The summed E-state index contributed by atoms with van der Waals surface area (Å²) in [6, 6.07) is 7.76. The van der Waals surface area contributed by atoms with E-state index in [4.69, 9.17) is 4.98 Å². The first-order valence-corrected chi connectivity index (χ1v) is 14.2. The lowest BCUT2D eigenvalue weighted by Crippen LogP contribution is -2.29. The van der Waals surface area contributed by atoms with Crippen molar-refractivity contribution in [3.05, 3.63) is 71.8 Å². The smallest absolute Gasteiger partial charge is 0.273 e. The average molecular weight is 571 g/mol. The quantitative estimate of drug-likeness (QED) is 0.309. The SMILES string of the molecule is Cc1cc(-c2nc(-c3cn(C4CCNCC4)nc3F)cn3nccc23)ccc1[C@@H](C)NC(=O)c1cn(C(C)(C)C)nn1. The van der Waals surface area contributed by atoms with Crippen LogP contribution in [0.2, 0.25) is 0 Å². The van der Waals surface area contributed by atoms with E-state index in [0.29, 0.717) is 17.0 Å². The second kappa shape index (κ2) is 10.8. The van der Waals surface area contributed by atoms with Crippen molar-refractivity contribution in [3.8, 4) is 22.5 Å². The molecule has 1 aliphatic heterocycles. The van der Waals surface area contributed by atoms with Gasteiger partial charge in [-0.05, 0) is 83.8 Å². The number of aryl methyl sites for hydroxylation is 1. The molecule has 0 saturated carbocycles. The highest BCUT2D eigenvalue weighted by Crippen LogP contribution is 2.31. The maximum atomic E-state index is 15.1. The van der Waals surface area contributed by atoms with Crippen molar-refractivity contribution in [1.82, 2.24) is 50.0 Å². The molecule has 1 amide bonds. The molecule has 1 atom stereocenters. The zero-order valence-electron chi connectivity index (χ0n) is 24.5. The Morgan fingerprint density at radius 3 is 2.64 bits per heavy atom. The molecule has 12 heteroatoms. The van der Waals surface area contributed by atoms with Crippen LogP contribution >= 0.6 is 0 Å². The molecule has 5 aromatic rings. The van der Waals surface area contributed by atoms with E-state index in [1.54, 1.807) is 38.7 Å². The fourth-order valence-corrected chi connectivity index (χ4v) is 5.42.